The maximum Gasteiger partial charge on any atom is 0.0725 e. The maximum absolute atomic E-state index is 5.43. The van der Waals surface area contributed by atoms with Gasteiger partial charge >= 0.3 is 0 Å². The molecule has 0 bridgehead atoms. The number of fused-ring (bicyclic) bond motifs is 1. The Morgan fingerprint density at radius 1 is 1.05 bits per heavy atom. The van der Waals surface area contributed by atoms with Gasteiger partial charge < -0.3 is 14.8 Å². The van der Waals surface area contributed by atoms with Gasteiger partial charge in [-0.05, 0) is 36.2 Å². The Morgan fingerprint density at radius 2 is 1.89 bits per heavy atom. The number of morpholine rings is 1. The first kappa shape index (κ1) is 12.9. The molecular weight excluding hydrogens is 240 g/mol. The second-order valence-electron chi connectivity index (χ2n) is 5.21. The number of rotatable bonds is 5. The average Bonchev–Trinajstić information content (AvgIpc) is 2.92. The van der Waals surface area contributed by atoms with Gasteiger partial charge in [0.25, 0.3) is 0 Å². The molecule has 0 radical (unpaired) electrons. The Hall–Kier alpha value is -1.10. The van der Waals surface area contributed by atoms with Crippen molar-refractivity contribution in [2.24, 2.45) is 0 Å². The van der Waals surface area contributed by atoms with Gasteiger partial charge in [-0.2, -0.15) is 0 Å². The van der Waals surface area contributed by atoms with Crippen LogP contribution in [0.3, 0.4) is 0 Å². The van der Waals surface area contributed by atoms with Crippen LogP contribution in [0.1, 0.15) is 17.5 Å². The highest BCUT2D eigenvalue weighted by Gasteiger charge is 2.11. The first-order valence-electron chi connectivity index (χ1n) is 7.15. The summed E-state index contributed by atoms with van der Waals surface area (Å²) in [5, 5.41) is 3.50. The summed E-state index contributed by atoms with van der Waals surface area (Å²) in [6.45, 7) is 7.65. The topological polar surface area (TPSA) is 33.7 Å². The van der Waals surface area contributed by atoms with E-state index in [4.69, 9.17) is 9.47 Å². The first-order chi connectivity index (χ1) is 9.42. The quantitative estimate of drug-likeness (QED) is 0.821. The lowest BCUT2D eigenvalue weighted by molar-refractivity contribution is 0.0378. The Balaban J connectivity index is 1.40. The lowest BCUT2D eigenvalue weighted by Crippen LogP contribution is -2.37. The number of hydrogen-bond acceptors (Lipinski definition) is 4. The minimum Gasteiger partial charge on any atom is -0.385 e. The van der Waals surface area contributed by atoms with Crippen LogP contribution in [0.2, 0.25) is 0 Å². The fourth-order valence-electron chi connectivity index (χ4n) is 2.64. The first-order valence-corrected chi connectivity index (χ1v) is 7.15. The van der Waals surface area contributed by atoms with Crippen molar-refractivity contribution in [1.29, 1.82) is 0 Å². The van der Waals surface area contributed by atoms with Gasteiger partial charge in [0, 0.05) is 25.3 Å². The highest BCUT2D eigenvalue weighted by atomic mass is 16.5. The van der Waals surface area contributed by atoms with Crippen molar-refractivity contribution in [2.45, 2.75) is 19.6 Å². The van der Waals surface area contributed by atoms with E-state index in [-0.39, 0.29) is 0 Å². The molecule has 4 heteroatoms. The van der Waals surface area contributed by atoms with E-state index in [1.807, 2.05) is 0 Å². The summed E-state index contributed by atoms with van der Waals surface area (Å²) in [4.78, 5) is 2.47. The van der Waals surface area contributed by atoms with E-state index in [1.165, 1.54) is 23.2 Å². The van der Waals surface area contributed by atoms with Crippen LogP contribution in [-0.2, 0) is 22.7 Å². The Bertz CT molecular complexity index is 417. The molecule has 0 aromatic heterocycles. The molecule has 2 heterocycles. The molecule has 1 aromatic rings. The minimum atomic E-state index is 0.763. The number of nitrogens with zero attached hydrogens (tertiary/aromatic N) is 1. The summed E-state index contributed by atoms with van der Waals surface area (Å²) in [5.41, 5.74) is 3.88. The molecule has 0 aliphatic carbocycles. The van der Waals surface area contributed by atoms with Crippen LogP contribution in [0.25, 0.3) is 0 Å². The van der Waals surface area contributed by atoms with Gasteiger partial charge in [0.05, 0.1) is 26.4 Å². The molecule has 0 unspecified atom stereocenters. The molecule has 4 nitrogen and oxygen atoms in total. The van der Waals surface area contributed by atoms with Crippen LogP contribution >= 0.6 is 0 Å². The fraction of sp³-hybridized carbons (Fsp3) is 0.600. The predicted molar refractivity (Wildman–Crippen MR) is 75.3 cm³/mol. The Kier molecular flexibility index (Phi) is 4.33. The number of hydrogen-bond donors (Lipinski definition) is 1. The molecule has 19 heavy (non-hydrogen) atoms. The number of nitrogens with one attached hydrogen (secondary N) is 1. The third-order valence-corrected chi connectivity index (χ3v) is 3.81. The van der Waals surface area contributed by atoms with Gasteiger partial charge in [-0.25, -0.2) is 0 Å². The van der Waals surface area contributed by atoms with Crippen LogP contribution in [0.15, 0.2) is 18.2 Å². The van der Waals surface area contributed by atoms with Crippen molar-refractivity contribution in [3.05, 3.63) is 29.3 Å². The molecule has 104 valence electrons. The van der Waals surface area contributed by atoms with Crippen LogP contribution in [0.4, 0.5) is 5.69 Å². The van der Waals surface area contributed by atoms with Gasteiger partial charge in [-0.15, -0.1) is 0 Å². The Morgan fingerprint density at radius 3 is 2.79 bits per heavy atom. The standard InChI is InChI=1S/C15H22N2O2/c1(5-17-6-8-18-9-7-17)4-16-15-3-2-13-11-19-12-14(13)10-15/h2-3,10,16H,1,4-9,11-12H2. The summed E-state index contributed by atoms with van der Waals surface area (Å²) in [6, 6.07) is 6.55. The monoisotopic (exact) mass is 262 g/mol. The van der Waals surface area contributed by atoms with Gasteiger partial charge in [0.2, 0.25) is 0 Å². The summed E-state index contributed by atoms with van der Waals surface area (Å²) in [7, 11) is 0. The highest BCUT2D eigenvalue weighted by Crippen LogP contribution is 2.23. The smallest absolute Gasteiger partial charge is 0.0725 e. The van der Waals surface area contributed by atoms with Crippen molar-refractivity contribution in [1.82, 2.24) is 4.90 Å². The van der Waals surface area contributed by atoms with Crippen molar-refractivity contribution in [3.8, 4) is 0 Å². The van der Waals surface area contributed by atoms with Crippen LogP contribution < -0.4 is 5.32 Å². The van der Waals surface area contributed by atoms with E-state index >= 15 is 0 Å². The molecule has 1 N–H and O–H groups in total. The van der Waals surface area contributed by atoms with Gasteiger partial charge in [-0.3, -0.25) is 4.90 Å². The van der Waals surface area contributed by atoms with E-state index in [9.17, 15) is 0 Å². The zero-order valence-electron chi connectivity index (χ0n) is 11.4. The van der Waals surface area contributed by atoms with Gasteiger partial charge in [0.1, 0.15) is 0 Å². The molecule has 3 rings (SSSR count). The second-order valence-corrected chi connectivity index (χ2v) is 5.21. The lowest BCUT2D eigenvalue weighted by Gasteiger charge is -2.26. The van der Waals surface area contributed by atoms with E-state index < -0.39 is 0 Å². The van der Waals surface area contributed by atoms with Crippen LogP contribution in [0, 0.1) is 0 Å². The van der Waals surface area contributed by atoms with Gasteiger partial charge in [0.15, 0.2) is 0 Å². The molecule has 0 amide bonds. The van der Waals surface area contributed by atoms with E-state index in [0.717, 1.165) is 52.6 Å². The number of benzene rings is 1. The SMILES string of the molecule is c1cc2c(cc1NCCCN1CCOCC1)COC2. The third kappa shape index (κ3) is 3.47. The predicted octanol–water partition coefficient (Wildman–Crippen LogP) is 1.85. The third-order valence-electron chi connectivity index (χ3n) is 3.81. The molecule has 1 saturated heterocycles. The lowest BCUT2D eigenvalue weighted by atomic mass is 10.1. The number of anilines is 1. The van der Waals surface area contributed by atoms with Crippen molar-refractivity contribution in [3.63, 3.8) is 0 Å². The molecule has 0 saturated carbocycles. The van der Waals surface area contributed by atoms with Crippen LogP contribution in [-0.4, -0.2) is 44.3 Å². The minimum absolute atomic E-state index is 0.763. The maximum atomic E-state index is 5.43. The molecule has 0 spiro atoms. The van der Waals surface area contributed by atoms with Crippen LogP contribution in [0.5, 0.6) is 0 Å². The highest BCUT2D eigenvalue weighted by molar-refractivity contribution is 5.49. The number of ether oxygens (including phenoxy) is 2. The summed E-state index contributed by atoms with van der Waals surface area (Å²) >= 11 is 0. The molecule has 0 atom stereocenters. The van der Waals surface area contributed by atoms with E-state index in [0.29, 0.717) is 0 Å². The van der Waals surface area contributed by atoms with Crippen molar-refractivity contribution < 1.29 is 9.47 Å². The zero-order chi connectivity index (χ0) is 12.9. The molecular formula is C15H22N2O2. The average molecular weight is 262 g/mol. The summed E-state index contributed by atoms with van der Waals surface area (Å²) in [5.74, 6) is 0. The van der Waals surface area contributed by atoms with Crippen molar-refractivity contribution in [2.75, 3.05) is 44.7 Å². The summed E-state index contributed by atoms with van der Waals surface area (Å²) in [6.07, 6.45) is 1.17. The van der Waals surface area contributed by atoms with E-state index in [1.54, 1.807) is 0 Å². The van der Waals surface area contributed by atoms with Gasteiger partial charge in [-0.1, -0.05) is 6.07 Å². The second kappa shape index (κ2) is 6.37. The molecule has 1 fully saturated rings. The fourth-order valence-corrected chi connectivity index (χ4v) is 2.64. The van der Waals surface area contributed by atoms with E-state index in [2.05, 4.69) is 28.4 Å². The molecule has 2 aliphatic rings. The molecule has 2 aliphatic heterocycles. The zero-order valence-corrected chi connectivity index (χ0v) is 11.4. The largest absolute Gasteiger partial charge is 0.385 e. The molecule has 1 aromatic carbocycles. The summed E-state index contributed by atoms with van der Waals surface area (Å²) < 4.78 is 10.8. The van der Waals surface area contributed by atoms with Crippen molar-refractivity contribution >= 4 is 5.69 Å². The normalized spacial score (nSPS) is 19.4. The Labute approximate surface area is 114 Å².